The van der Waals surface area contributed by atoms with Gasteiger partial charge in [0.25, 0.3) is 0 Å². The Bertz CT molecular complexity index is 750. The number of nitrogens with zero attached hydrogens (tertiary/aromatic N) is 2. The number of hydrogen-bond donors (Lipinski definition) is 2. The zero-order valence-electron chi connectivity index (χ0n) is 9.84. The van der Waals surface area contributed by atoms with E-state index in [9.17, 15) is 5.11 Å². The van der Waals surface area contributed by atoms with Crippen molar-refractivity contribution in [3.05, 3.63) is 53.6 Å². The molecule has 0 radical (unpaired) electrons. The number of aromatic hydroxyl groups is 1. The van der Waals surface area contributed by atoms with Gasteiger partial charge in [-0.05, 0) is 30.3 Å². The number of hydrogen-bond acceptors (Lipinski definition) is 3. The van der Waals surface area contributed by atoms with Crippen LogP contribution in [0.5, 0.6) is 5.88 Å². The second-order valence-electron chi connectivity index (χ2n) is 4.05. The first kappa shape index (κ1) is 11.7. The van der Waals surface area contributed by atoms with Crippen LogP contribution in [0.1, 0.15) is 0 Å². The van der Waals surface area contributed by atoms with Crippen LogP contribution >= 0.6 is 11.6 Å². The number of fused-ring (bicyclic) bond motifs is 1. The number of benzene rings is 2. The van der Waals surface area contributed by atoms with Crippen LogP contribution in [0, 0.1) is 0 Å². The molecule has 3 rings (SSSR count). The maximum Gasteiger partial charge on any atom is 0.218 e. The molecule has 0 saturated carbocycles. The fourth-order valence-corrected chi connectivity index (χ4v) is 2.02. The lowest BCUT2D eigenvalue weighted by molar-refractivity contribution is 0.459. The molecule has 2 aromatic carbocycles. The molecule has 0 aliphatic carbocycles. The van der Waals surface area contributed by atoms with E-state index in [2.05, 4.69) is 15.2 Å². The highest BCUT2D eigenvalue weighted by Crippen LogP contribution is 2.37. The van der Waals surface area contributed by atoms with Gasteiger partial charge in [0.05, 0.1) is 11.2 Å². The van der Waals surface area contributed by atoms with Crippen LogP contribution in [0.2, 0.25) is 5.02 Å². The van der Waals surface area contributed by atoms with Crippen molar-refractivity contribution < 1.29 is 5.11 Å². The van der Waals surface area contributed by atoms with Crippen LogP contribution < -0.4 is 0 Å². The summed E-state index contributed by atoms with van der Waals surface area (Å²) in [4.78, 5) is 2.82. The molecule has 0 atom stereocenters. The Morgan fingerprint density at radius 2 is 1.79 bits per heavy atom. The zero-order valence-corrected chi connectivity index (χ0v) is 10.6. The van der Waals surface area contributed by atoms with Crippen LogP contribution in [0.3, 0.4) is 0 Å². The van der Waals surface area contributed by atoms with Crippen LogP contribution in [-0.2, 0) is 0 Å². The number of aromatic nitrogens is 1. The quantitative estimate of drug-likeness (QED) is 0.637. The molecule has 0 spiro atoms. The number of H-pyrrole nitrogens is 1. The average Bonchev–Trinajstić information content (AvgIpc) is 2.72. The van der Waals surface area contributed by atoms with Crippen LogP contribution in [0.15, 0.2) is 58.8 Å². The van der Waals surface area contributed by atoms with Gasteiger partial charge in [-0.1, -0.05) is 29.8 Å². The number of aromatic amines is 1. The molecule has 0 fully saturated rings. The lowest BCUT2D eigenvalue weighted by atomic mass is 10.2. The average molecular weight is 272 g/mol. The number of halogens is 1. The van der Waals surface area contributed by atoms with Crippen molar-refractivity contribution in [3.63, 3.8) is 0 Å². The summed E-state index contributed by atoms with van der Waals surface area (Å²) in [6.07, 6.45) is 0. The minimum Gasteiger partial charge on any atom is -0.493 e. The van der Waals surface area contributed by atoms with Crippen molar-refractivity contribution in [3.8, 4) is 5.88 Å². The molecule has 4 nitrogen and oxygen atoms in total. The SMILES string of the molecule is Oc1[nH]c2cc(Cl)ccc2c1N=Nc1ccccc1. The summed E-state index contributed by atoms with van der Waals surface area (Å²) in [6.45, 7) is 0. The third-order valence-corrected chi connectivity index (χ3v) is 2.97. The lowest BCUT2D eigenvalue weighted by Gasteiger charge is -1.93. The van der Waals surface area contributed by atoms with Crippen LogP contribution in [-0.4, -0.2) is 10.1 Å². The van der Waals surface area contributed by atoms with Gasteiger partial charge in [0.2, 0.25) is 5.88 Å². The van der Waals surface area contributed by atoms with Crippen molar-refractivity contribution in [2.45, 2.75) is 0 Å². The number of azo groups is 1. The predicted octanol–water partition coefficient (Wildman–Crippen LogP) is 4.94. The van der Waals surface area contributed by atoms with Gasteiger partial charge in [-0.2, -0.15) is 5.11 Å². The summed E-state index contributed by atoms with van der Waals surface area (Å²) >= 11 is 5.90. The Morgan fingerprint density at radius 3 is 2.58 bits per heavy atom. The molecule has 94 valence electrons. The fourth-order valence-electron chi connectivity index (χ4n) is 1.84. The minimum atomic E-state index is -0.0167. The first-order chi connectivity index (χ1) is 9.24. The Kier molecular flexibility index (Phi) is 2.93. The summed E-state index contributed by atoms with van der Waals surface area (Å²) in [7, 11) is 0. The molecule has 0 amide bonds. The maximum absolute atomic E-state index is 9.85. The van der Waals surface area contributed by atoms with E-state index < -0.39 is 0 Å². The van der Waals surface area contributed by atoms with E-state index in [4.69, 9.17) is 11.6 Å². The monoisotopic (exact) mass is 271 g/mol. The van der Waals surface area contributed by atoms with Crippen LogP contribution in [0.4, 0.5) is 11.4 Å². The Morgan fingerprint density at radius 1 is 1.00 bits per heavy atom. The van der Waals surface area contributed by atoms with Crippen molar-refractivity contribution in [2.75, 3.05) is 0 Å². The summed E-state index contributed by atoms with van der Waals surface area (Å²) in [5.74, 6) is -0.0167. The van der Waals surface area contributed by atoms with E-state index in [1.54, 1.807) is 18.2 Å². The van der Waals surface area contributed by atoms with E-state index >= 15 is 0 Å². The predicted molar refractivity (Wildman–Crippen MR) is 75.6 cm³/mol. The van der Waals surface area contributed by atoms with Gasteiger partial charge in [-0.3, -0.25) is 0 Å². The minimum absolute atomic E-state index is 0.0167. The molecule has 0 aliphatic rings. The van der Waals surface area contributed by atoms with E-state index in [-0.39, 0.29) is 5.88 Å². The summed E-state index contributed by atoms with van der Waals surface area (Å²) in [5, 5.41) is 19.4. The largest absolute Gasteiger partial charge is 0.493 e. The molecular formula is C14H10ClN3O. The molecule has 19 heavy (non-hydrogen) atoms. The Hall–Kier alpha value is -2.33. The van der Waals surface area contributed by atoms with Gasteiger partial charge in [0, 0.05) is 10.4 Å². The summed E-state index contributed by atoms with van der Waals surface area (Å²) in [5.41, 5.74) is 1.87. The molecule has 2 N–H and O–H groups in total. The first-order valence-corrected chi connectivity index (χ1v) is 6.09. The molecule has 1 aromatic heterocycles. The van der Waals surface area contributed by atoms with Crippen molar-refractivity contribution in [1.29, 1.82) is 0 Å². The van der Waals surface area contributed by atoms with Gasteiger partial charge in [0.15, 0.2) is 5.69 Å². The van der Waals surface area contributed by atoms with E-state index in [0.29, 0.717) is 10.7 Å². The van der Waals surface area contributed by atoms with Gasteiger partial charge in [0.1, 0.15) is 0 Å². The van der Waals surface area contributed by atoms with E-state index in [1.165, 1.54) is 0 Å². The molecule has 0 unspecified atom stereocenters. The van der Waals surface area contributed by atoms with Crippen molar-refractivity contribution in [2.24, 2.45) is 10.2 Å². The highest BCUT2D eigenvalue weighted by atomic mass is 35.5. The second-order valence-corrected chi connectivity index (χ2v) is 4.48. The first-order valence-electron chi connectivity index (χ1n) is 5.71. The van der Waals surface area contributed by atoms with Crippen LogP contribution in [0.25, 0.3) is 10.9 Å². The fraction of sp³-hybridized carbons (Fsp3) is 0. The highest BCUT2D eigenvalue weighted by Gasteiger charge is 2.10. The van der Waals surface area contributed by atoms with Gasteiger partial charge in [-0.15, -0.1) is 5.11 Å². The molecule has 0 aliphatic heterocycles. The topological polar surface area (TPSA) is 60.7 Å². The summed E-state index contributed by atoms with van der Waals surface area (Å²) in [6, 6.07) is 14.6. The van der Waals surface area contributed by atoms with Gasteiger partial charge < -0.3 is 10.1 Å². The second kappa shape index (κ2) is 4.74. The smallest absolute Gasteiger partial charge is 0.218 e. The zero-order chi connectivity index (χ0) is 13.2. The van der Waals surface area contributed by atoms with E-state index in [1.807, 2.05) is 30.3 Å². The third-order valence-electron chi connectivity index (χ3n) is 2.74. The number of rotatable bonds is 2. The third kappa shape index (κ3) is 2.30. The standard InChI is InChI=1S/C14H10ClN3O/c15-9-6-7-11-12(8-9)16-14(19)13(11)18-17-10-4-2-1-3-5-10/h1-8,16,19H. The molecule has 5 heteroatoms. The lowest BCUT2D eigenvalue weighted by Crippen LogP contribution is -1.67. The number of nitrogens with one attached hydrogen (secondary N) is 1. The van der Waals surface area contributed by atoms with Crippen molar-refractivity contribution >= 4 is 33.9 Å². The Labute approximate surface area is 114 Å². The maximum atomic E-state index is 9.85. The Balaban J connectivity index is 2.06. The highest BCUT2D eigenvalue weighted by molar-refractivity contribution is 6.31. The van der Waals surface area contributed by atoms with Crippen molar-refractivity contribution in [1.82, 2.24) is 4.98 Å². The molecule has 1 heterocycles. The van der Waals surface area contributed by atoms with E-state index in [0.717, 1.165) is 16.6 Å². The molecule has 0 saturated heterocycles. The summed E-state index contributed by atoms with van der Waals surface area (Å²) < 4.78 is 0. The van der Waals surface area contributed by atoms with Gasteiger partial charge >= 0.3 is 0 Å². The normalized spacial score (nSPS) is 11.4. The molecular weight excluding hydrogens is 262 g/mol. The molecule has 0 bridgehead atoms. The molecule has 3 aromatic rings. The van der Waals surface area contributed by atoms with Gasteiger partial charge in [-0.25, -0.2) is 0 Å².